The quantitative estimate of drug-likeness (QED) is 0.498. The summed E-state index contributed by atoms with van der Waals surface area (Å²) in [7, 11) is 0. The van der Waals surface area contributed by atoms with Crippen molar-refractivity contribution >= 4 is 34.6 Å². The molecular formula is C21H22N4O3S. The van der Waals surface area contributed by atoms with Gasteiger partial charge in [-0.05, 0) is 44.5 Å². The number of aromatic nitrogens is 2. The van der Waals surface area contributed by atoms with Crippen LogP contribution in [0.1, 0.15) is 19.4 Å². The molecule has 0 bridgehead atoms. The number of para-hydroxylation sites is 2. The van der Waals surface area contributed by atoms with Crippen molar-refractivity contribution in [2.24, 2.45) is 0 Å². The molecule has 0 saturated heterocycles. The number of amides is 3. The Morgan fingerprint density at radius 3 is 2.55 bits per heavy atom. The molecule has 1 aromatic heterocycles. The lowest BCUT2D eigenvalue weighted by Gasteiger charge is -2.17. The molecule has 1 unspecified atom stereocenters. The number of nitrogens with one attached hydrogen (secondary N) is 2. The van der Waals surface area contributed by atoms with Gasteiger partial charge in [-0.3, -0.25) is 19.5 Å². The lowest BCUT2D eigenvalue weighted by Crippen LogP contribution is -2.42. The molecule has 0 aliphatic rings. The second kappa shape index (κ2) is 8.91. The molecule has 1 heterocycles. The average Bonchev–Trinajstić information content (AvgIpc) is 2.69. The lowest BCUT2D eigenvalue weighted by molar-refractivity contribution is -0.119. The molecule has 3 aromatic rings. The molecule has 3 rings (SSSR count). The van der Waals surface area contributed by atoms with Crippen molar-refractivity contribution in [2.45, 2.75) is 31.2 Å². The molecule has 2 N–H and O–H groups in total. The van der Waals surface area contributed by atoms with E-state index in [1.807, 2.05) is 37.3 Å². The summed E-state index contributed by atoms with van der Waals surface area (Å²) >= 11 is 1.13. The van der Waals surface area contributed by atoms with Crippen LogP contribution in [0.25, 0.3) is 16.6 Å². The third-order valence-corrected chi connectivity index (χ3v) is 5.38. The van der Waals surface area contributed by atoms with Crippen molar-refractivity contribution in [3.8, 4) is 5.69 Å². The molecule has 0 saturated carbocycles. The van der Waals surface area contributed by atoms with E-state index in [1.54, 1.807) is 32.0 Å². The van der Waals surface area contributed by atoms with E-state index in [1.165, 1.54) is 4.57 Å². The first-order valence-electron chi connectivity index (χ1n) is 9.25. The van der Waals surface area contributed by atoms with E-state index < -0.39 is 17.2 Å². The summed E-state index contributed by atoms with van der Waals surface area (Å²) < 4.78 is 1.53. The molecule has 8 heteroatoms. The maximum atomic E-state index is 13.3. The van der Waals surface area contributed by atoms with Gasteiger partial charge in [-0.1, -0.05) is 42.1 Å². The summed E-state index contributed by atoms with van der Waals surface area (Å²) in [5, 5.41) is 5.07. The highest BCUT2D eigenvalue weighted by atomic mass is 32.2. The van der Waals surface area contributed by atoms with Crippen molar-refractivity contribution in [1.82, 2.24) is 20.2 Å². The number of nitrogens with zero attached hydrogens (tertiary/aromatic N) is 2. The average molecular weight is 410 g/mol. The Bertz CT molecular complexity index is 1130. The molecular weight excluding hydrogens is 388 g/mol. The van der Waals surface area contributed by atoms with E-state index in [9.17, 15) is 14.4 Å². The van der Waals surface area contributed by atoms with Crippen LogP contribution in [0.2, 0.25) is 0 Å². The van der Waals surface area contributed by atoms with Gasteiger partial charge in [-0.25, -0.2) is 9.78 Å². The number of thioether (sulfide) groups is 1. The van der Waals surface area contributed by atoms with E-state index in [-0.39, 0.29) is 5.56 Å². The fraction of sp³-hybridized carbons (Fsp3) is 0.238. The number of hydrogen-bond donors (Lipinski definition) is 2. The monoisotopic (exact) mass is 410 g/mol. The van der Waals surface area contributed by atoms with Gasteiger partial charge in [0.2, 0.25) is 5.91 Å². The van der Waals surface area contributed by atoms with E-state index in [2.05, 4.69) is 15.6 Å². The van der Waals surface area contributed by atoms with Crippen LogP contribution in [0.4, 0.5) is 4.79 Å². The fourth-order valence-electron chi connectivity index (χ4n) is 2.85. The van der Waals surface area contributed by atoms with Crippen molar-refractivity contribution in [2.75, 3.05) is 6.54 Å². The van der Waals surface area contributed by atoms with Gasteiger partial charge >= 0.3 is 6.03 Å². The van der Waals surface area contributed by atoms with E-state index >= 15 is 0 Å². The number of imide groups is 1. The summed E-state index contributed by atoms with van der Waals surface area (Å²) in [6.45, 7) is 5.77. The molecule has 2 aromatic carbocycles. The minimum absolute atomic E-state index is 0.205. The van der Waals surface area contributed by atoms with Gasteiger partial charge in [0.1, 0.15) is 0 Å². The van der Waals surface area contributed by atoms with Gasteiger partial charge in [0, 0.05) is 6.54 Å². The highest BCUT2D eigenvalue weighted by Crippen LogP contribution is 2.26. The van der Waals surface area contributed by atoms with Crippen molar-refractivity contribution in [3.05, 3.63) is 64.4 Å². The Hall–Kier alpha value is -3.13. The molecule has 29 heavy (non-hydrogen) atoms. The Morgan fingerprint density at radius 2 is 1.83 bits per heavy atom. The zero-order valence-corrected chi connectivity index (χ0v) is 17.2. The van der Waals surface area contributed by atoms with Crippen LogP contribution >= 0.6 is 11.8 Å². The predicted octanol–water partition coefficient (Wildman–Crippen LogP) is 3.02. The van der Waals surface area contributed by atoms with Gasteiger partial charge in [-0.15, -0.1) is 0 Å². The van der Waals surface area contributed by atoms with Gasteiger partial charge in [0.15, 0.2) is 5.16 Å². The van der Waals surface area contributed by atoms with Crippen LogP contribution in [0.3, 0.4) is 0 Å². The van der Waals surface area contributed by atoms with Gasteiger partial charge in [0.25, 0.3) is 5.56 Å². The molecule has 7 nitrogen and oxygen atoms in total. The first-order valence-corrected chi connectivity index (χ1v) is 10.1. The number of benzene rings is 2. The number of urea groups is 1. The summed E-state index contributed by atoms with van der Waals surface area (Å²) in [5.74, 6) is -0.459. The molecule has 0 radical (unpaired) electrons. The maximum Gasteiger partial charge on any atom is 0.321 e. The highest BCUT2D eigenvalue weighted by molar-refractivity contribution is 8.00. The Kier molecular flexibility index (Phi) is 6.33. The summed E-state index contributed by atoms with van der Waals surface area (Å²) in [6, 6.07) is 14.1. The standard InChI is InChI=1S/C21H22N4O3S/c1-4-22-20(28)24-18(26)14(3)29-21-23-16-11-7-6-10-15(16)19(27)25(21)17-12-8-5-9-13(17)2/h5-12,14H,4H2,1-3H3,(H2,22,24,26,28). The Balaban J connectivity index is 2.06. The fourth-order valence-corrected chi connectivity index (χ4v) is 3.77. The summed E-state index contributed by atoms with van der Waals surface area (Å²) in [4.78, 5) is 41.9. The second-order valence-electron chi connectivity index (χ2n) is 6.45. The van der Waals surface area contributed by atoms with Crippen molar-refractivity contribution in [3.63, 3.8) is 0 Å². The summed E-state index contributed by atoms with van der Waals surface area (Å²) in [5.41, 5.74) is 1.97. The van der Waals surface area contributed by atoms with Crippen LogP contribution in [0.15, 0.2) is 58.5 Å². The van der Waals surface area contributed by atoms with Gasteiger partial charge < -0.3 is 5.32 Å². The molecule has 0 spiro atoms. The number of aryl methyl sites for hydroxylation is 1. The maximum absolute atomic E-state index is 13.3. The molecule has 0 fully saturated rings. The molecule has 1 atom stereocenters. The van der Waals surface area contributed by atoms with Crippen LogP contribution in [-0.2, 0) is 4.79 Å². The smallest absolute Gasteiger partial charge is 0.321 e. The van der Waals surface area contributed by atoms with E-state index in [0.717, 1.165) is 17.3 Å². The van der Waals surface area contributed by atoms with Crippen molar-refractivity contribution < 1.29 is 9.59 Å². The zero-order valence-electron chi connectivity index (χ0n) is 16.4. The van der Waals surface area contributed by atoms with Crippen LogP contribution < -0.4 is 16.2 Å². The molecule has 3 amide bonds. The van der Waals surface area contributed by atoms with Crippen LogP contribution in [-0.4, -0.2) is 33.3 Å². The van der Waals surface area contributed by atoms with Gasteiger partial charge in [-0.2, -0.15) is 0 Å². The first kappa shape index (κ1) is 20.6. The number of carbonyl (C=O) groups is 2. The number of hydrogen-bond acceptors (Lipinski definition) is 5. The SMILES string of the molecule is CCNC(=O)NC(=O)C(C)Sc1nc2ccccc2c(=O)n1-c1ccccc1C. The molecule has 150 valence electrons. The third-order valence-electron chi connectivity index (χ3n) is 4.33. The first-order chi connectivity index (χ1) is 13.9. The number of carbonyl (C=O) groups excluding carboxylic acids is 2. The van der Waals surface area contributed by atoms with Gasteiger partial charge in [0.05, 0.1) is 21.8 Å². The Labute approximate surface area is 172 Å². The number of rotatable bonds is 5. The van der Waals surface area contributed by atoms with E-state index in [0.29, 0.717) is 28.3 Å². The number of fused-ring (bicyclic) bond motifs is 1. The largest absolute Gasteiger partial charge is 0.338 e. The topological polar surface area (TPSA) is 93.1 Å². The Morgan fingerprint density at radius 1 is 1.14 bits per heavy atom. The van der Waals surface area contributed by atoms with E-state index in [4.69, 9.17) is 0 Å². The minimum Gasteiger partial charge on any atom is -0.338 e. The third kappa shape index (κ3) is 4.48. The normalized spacial score (nSPS) is 11.8. The zero-order chi connectivity index (χ0) is 21.0. The minimum atomic E-state index is -0.638. The predicted molar refractivity (Wildman–Crippen MR) is 115 cm³/mol. The molecule has 0 aliphatic heterocycles. The second-order valence-corrected chi connectivity index (χ2v) is 7.76. The highest BCUT2D eigenvalue weighted by Gasteiger charge is 2.22. The molecule has 0 aliphatic carbocycles. The lowest BCUT2D eigenvalue weighted by atomic mass is 10.2. The van der Waals surface area contributed by atoms with Crippen LogP contribution in [0, 0.1) is 6.92 Å². The summed E-state index contributed by atoms with van der Waals surface area (Å²) in [6.07, 6.45) is 0. The van der Waals surface area contributed by atoms with Crippen LogP contribution in [0.5, 0.6) is 0 Å². The van der Waals surface area contributed by atoms with Crippen molar-refractivity contribution in [1.29, 1.82) is 0 Å².